The normalized spacial score (nSPS) is 11.6. The van der Waals surface area contributed by atoms with E-state index in [0.717, 1.165) is 6.54 Å². The molecule has 0 radical (unpaired) electrons. The summed E-state index contributed by atoms with van der Waals surface area (Å²) in [5.41, 5.74) is 2.36. The van der Waals surface area contributed by atoms with Crippen molar-refractivity contribution < 1.29 is 13.9 Å². The summed E-state index contributed by atoms with van der Waals surface area (Å²) in [4.78, 5) is 12.6. The molecule has 0 bridgehead atoms. The van der Waals surface area contributed by atoms with E-state index in [-0.39, 0.29) is 18.2 Å². The van der Waals surface area contributed by atoms with Crippen molar-refractivity contribution in [3.8, 4) is 5.75 Å². The van der Waals surface area contributed by atoms with E-state index in [9.17, 15) is 9.18 Å². The highest BCUT2D eigenvalue weighted by atomic mass is 19.1. The van der Waals surface area contributed by atoms with E-state index in [2.05, 4.69) is 37.6 Å². The van der Waals surface area contributed by atoms with Gasteiger partial charge in [-0.3, -0.25) is 4.79 Å². The third kappa shape index (κ3) is 6.10. The molecule has 0 spiro atoms. The molecular weight excluding hydrogens is 319 g/mol. The van der Waals surface area contributed by atoms with Crippen LogP contribution in [0.4, 0.5) is 4.39 Å². The molecule has 0 saturated carbocycles. The van der Waals surface area contributed by atoms with Crippen LogP contribution in [0.15, 0.2) is 54.3 Å². The fraction of sp³-hybridized carbons (Fsp3) is 0.350. The Morgan fingerprint density at radius 3 is 2.52 bits per heavy atom. The van der Waals surface area contributed by atoms with Crippen LogP contribution in [0.3, 0.4) is 0 Å². The first-order valence-electron chi connectivity index (χ1n) is 8.17. The summed E-state index contributed by atoms with van der Waals surface area (Å²) < 4.78 is 18.6. The standard InChI is InChI=1S/C20H27FN2O2/c1-7-17(22-11-13(2)3)19(14(4)5)20(24)23-12-15-8-9-18(25-6)16(21)10-15/h7-10,13,22H,1,4,11-12H2,2-3,5-6H3,(H,23,24)/b19-17-. The Morgan fingerprint density at radius 1 is 1.36 bits per heavy atom. The summed E-state index contributed by atoms with van der Waals surface area (Å²) in [6.07, 6.45) is 1.61. The number of carbonyl (C=O) groups excluding carboxylic acids is 1. The van der Waals surface area contributed by atoms with Gasteiger partial charge in [-0.2, -0.15) is 0 Å². The molecule has 1 aromatic rings. The molecular formula is C20H27FN2O2. The van der Waals surface area contributed by atoms with Crippen molar-refractivity contribution in [3.63, 3.8) is 0 Å². The van der Waals surface area contributed by atoms with Crippen LogP contribution >= 0.6 is 0 Å². The first-order chi connectivity index (χ1) is 11.8. The molecule has 1 rings (SSSR count). The first kappa shape index (κ1) is 20.5. The SMILES string of the molecule is C=C/C(NCC(C)C)=C(\C(=C)C)C(=O)NCc1ccc(OC)c(F)c1. The van der Waals surface area contributed by atoms with Crippen LogP contribution in [0, 0.1) is 11.7 Å². The van der Waals surface area contributed by atoms with Gasteiger partial charge in [-0.25, -0.2) is 4.39 Å². The van der Waals surface area contributed by atoms with Crippen molar-refractivity contribution >= 4 is 5.91 Å². The van der Waals surface area contributed by atoms with Crippen molar-refractivity contribution in [2.45, 2.75) is 27.3 Å². The molecule has 0 saturated heterocycles. The van der Waals surface area contributed by atoms with Gasteiger partial charge in [0.15, 0.2) is 11.6 Å². The lowest BCUT2D eigenvalue weighted by Gasteiger charge is -2.16. The summed E-state index contributed by atoms with van der Waals surface area (Å²) in [7, 11) is 1.41. The van der Waals surface area contributed by atoms with E-state index in [0.29, 0.717) is 28.3 Å². The van der Waals surface area contributed by atoms with Crippen LogP contribution in [0.5, 0.6) is 5.75 Å². The number of carbonyl (C=O) groups is 1. The van der Waals surface area contributed by atoms with Gasteiger partial charge in [0.25, 0.3) is 5.91 Å². The van der Waals surface area contributed by atoms with Crippen molar-refractivity contribution in [3.05, 3.63) is 65.7 Å². The lowest BCUT2D eigenvalue weighted by molar-refractivity contribution is -0.117. The molecule has 0 heterocycles. The number of halogens is 1. The molecule has 0 aromatic heterocycles. The predicted molar refractivity (Wildman–Crippen MR) is 99.7 cm³/mol. The van der Waals surface area contributed by atoms with Crippen LogP contribution in [-0.4, -0.2) is 19.6 Å². The molecule has 0 atom stereocenters. The Morgan fingerprint density at radius 2 is 2.04 bits per heavy atom. The maximum atomic E-state index is 13.7. The molecule has 0 fully saturated rings. The Labute approximate surface area is 149 Å². The van der Waals surface area contributed by atoms with Crippen molar-refractivity contribution in [1.82, 2.24) is 10.6 Å². The Balaban J connectivity index is 2.91. The Bertz CT molecular complexity index is 678. The second-order valence-electron chi connectivity index (χ2n) is 6.20. The van der Waals surface area contributed by atoms with E-state index in [4.69, 9.17) is 4.74 Å². The van der Waals surface area contributed by atoms with Crippen molar-refractivity contribution in [1.29, 1.82) is 0 Å². The fourth-order valence-electron chi connectivity index (χ4n) is 2.21. The van der Waals surface area contributed by atoms with Gasteiger partial charge < -0.3 is 15.4 Å². The van der Waals surface area contributed by atoms with E-state index in [1.807, 2.05) is 0 Å². The highest BCUT2D eigenvalue weighted by Crippen LogP contribution is 2.18. The van der Waals surface area contributed by atoms with Gasteiger partial charge in [0.2, 0.25) is 0 Å². The topological polar surface area (TPSA) is 50.4 Å². The van der Waals surface area contributed by atoms with Gasteiger partial charge in [-0.1, -0.05) is 33.1 Å². The molecule has 1 amide bonds. The average molecular weight is 346 g/mol. The van der Waals surface area contributed by atoms with Crippen molar-refractivity contribution in [2.75, 3.05) is 13.7 Å². The minimum Gasteiger partial charge on any atom is -0.494 e. The van der Waals surface area contributed by atoms with Crippen LogP contribution in [0.1, 0.15) is 26.3 Å². The predicted octanol–water partition coefficient (Wildman–Crippen LogP) is 3.71. The molecule has 4 nitrogen and oxygen atoms in total. The molecule has 0 aliphatic carbocycles. The van der Waals surface area contributed by atoms with E-state index < -0.39 is 5.82 Å². The summed E-state index contributed by atoms with van der Waals surface area (Å²) in [6, 6.07) is 4.58. The highest BCUT2D eigenvalue weighted by molar-refractivity contribution is 5.98. The number of nitrogens with one attached hydrogen (secondary N) is 2. The maximum Gasteiger partial charge on any atom is 0.253 e. The van der Waals surface area contributed by atoms with Gasteiger partial charge in [0, 0.05) is 18.8 Å². The summed E-state index contributed by atoms with van der Waals surface area (Å²) >= 11 is 0. The number of hydrogen-bond acceptors (Lipinski definition) is 3. The zero-order chi connectivity index (χ0) is 19.0. The zero-order valence-electron chi connectivity index (χ0n) is 15.4. The van der Waals surface area contributed by atoms with Gasteiger partial charge in [0.05, 0.1) is 12.7 Å². The number of ether oxygens (including phenoxy) is 1. The largest absolute Gasteiger partial charge is 0.494 e. The number of rotatable bonds is 9. The Hall–Kier alpha value is -2.56. The zero-order valence-corrected chi connectivity index (χ0v) is 15.4. The van der Waals surface area contributed by atoms with Gasteiger partial charge >= 0.3 is 0 Å². The Kier molecular flexibility index (Phi) is 7.92. The van der Waals surface area contributed by atoms with Gasteiger partial charge in [-0.05, 0) is 42.2 Å². The second-order valence-corrected chi connectivity index (χ2v) is 6.20. The average Bonchev–Trinajstić information content (AvgIpc) is 2.55. The summed E-state index contributed by atoms with van der Waals surface area (Å²) in [5.74, 6) is -0.152. The van der Waals surface area contributed by atoms with E-state index >= 15 is 0 Å². The van der Waals surface area contributed by atoms with Gasteiger partial charge in [-0.15, -0.1) is 0 Å². The van der Waals surface area contributed by atoms with E-state index in [1.165, 1.54) is 19.2 Å². The van der Waals surface area contributed by atoms with Crippen LogP contribution in [0.2, 0.25) is 0 Å². The van der Waals surface area contributed by atoms with Crippen LogP contribution < -0.4 is 15.4 Å². The fourth-order valence-corrected chi connectivity index (χ4v) is 2.21. The third-order valence-corrected chi connectivity index (χ3v) is 3.50. The number of hydrogen-bond donors (Lipinski definition) is 2. The summed E-state index contributed by atoms with van der Waals surface area (Å²) in [6.45, 7) is 14.5. The molecule has 2 N–H and O–H groups in total. The molecule has 136 valence electrons. The molecule has 0 aliphatic heterocycles. The first-order valence-corrected chi connectivity index (χ1v) is 8.17. The minimum absolute atomic E-state index is 0.171. The smallest absolute Gasteiger partial charge is 0.253 e. The lowest BCUT2D eigenvalue weighted by Crippen LogP contribution is -2.29. The third-order valence-electron chi connectivity index (χ3n) is 3.50. The van der Waals surface area contributed by atoms with Gasteiger partial charge in [0.1, 0.15) is 0 Å². The lowest BCUT2D eigenvalue weighted by atomic mass is 10.0. The second kappa shape index (κ2) is 9.67. The number of benzene rings is 1. The number of allylic oxidation sites excluding steroid dienone is 1. The number of amides is 1. The molecule has 0 aliphatic rings. The van der Waals surface area contributed by atoms with E-state index in [1.54, 1.807) is 19.1 Å². The monoisotopic (exact) mass is 346 g/mol. The number of methoxy groups -OCH3 is 1. The van der Waals surface area contributed by atoms with Crippen LogP contribution in [0.25, 0.3) is 0 Å². The molecule has 5 heteroatoms. The highest BCUT2D eigenvalue weighted by Gasteiger charge is 2.15. The summed E-state index contributed by atoms with van der Waals surface area (Å²) in [5, 5.41) is 6.01. The minimum atomic E-state index is -0.463. The molecule has 0 unspecified atom stereocenters. The quantitative estimate of drug-likeness (QED) is 0.529. The molecule has 1 aromatic carbocycles. The molecule has 25 heavy (non-hydrogen) atoms. The maximum absolute atomic E-state index is 13.7. The van der Waals surface area contributed by atoms with Crippen molar-refractivity contribution in [2.24, 2.45) is 5.92 Å². The van der Waals surface area contributed by atoms with Crippen LogP contribution in [-0.2, 0) is 11.3 Å².